The van der Waals surface area contributed by atoms with Gasteiger partial charge in [-0.1, -0.05) is 24.6 Å². The third kappa shape index (κ3) is 2.66. The monoisotopic (exact) mass is 283 g/mol. The molecule has 6 nitrogen and oxygen atoms in total. The Morgan fingerprint density at radius 1 is 1.21 bits per heavy atom. The van der Waals surface area contributed by atoms with Crippen molar-refractivity contribution in [3.8, 4) is 0 Å². The maximum absolute atomic E-state index is 11.9. The molecule has 7 heteroatoms. The van der Waals surface area contributed by atoms with Crippen LogP contribution in [0.25, 0.3) is 0 Å². The van der Waals surface area contributed by atoms with Gasteiger partial charge in [-0.05, 0) is 19.1 Å². The molecular weight excluding hydrogens is 270 g/mol. The van der Waals surface area contributed by atoms with Crippen LogP contribution in [0, 0.1) is 12.8 Å². The highest BCUT2D eigenvalue weighted by Gasteiger charge is 2.40. The first-order valence-electron chi connectivity index (χ1n) is 5.69. The summed E-state index contributed by atoms with van der Waals surface area (Å²) in [6, 6.07) is 5.93. The summed E-state index contributed by atoms with van der Waals surface area (Å²) in [5, 5.41) is 0.333. The molecule has 0 N–H and O–H groups in total. The van der Waals surface area contributed by atoms with E-state index in [4.69, 9.17) is 0 Å². The molecule has 1 atom stereocenters. The highest BCUT2D eigenvalue weighted by Crippen LogP contribution is 2.23. The van der Waals surface area contributed by atoms with Crippen molar-refractivity contribution in [1.29, 1.82) is 0 Å². The van der Waals surface area contributed by atoms with E-state index in [2.05, 4.69) is 4.28 Å². The Bertz CT molecular complexity index is 620. The molecule has 1 unspecified atom stereocenters. The number of aryl methyl sites for hydroxylation is 1. The summed E-state index contributed by atoms with van der Waals surface area (Å²) in [6.07, 6.45) is -0.0394. The molecule has 1 aromatic rings. The molecule has 0 bridgehead atoms. The van der Waals surface area contributed by atoms with E-state index in [1.54, 1.807) is 19.1 Å². The van der Waals surface area contributed by atoms with Gasteiger partial charge in [0.15, 0.2) is 0 Å². The Labute approximate surface area is 111 Å². The smallest absolute Gasteiger partial charge is 0.272 e. The molecule has 0 saturated carbocycles. The summed E-state index contributed by atoms with van der Waals surface area (Å²) in [6.45, 7) is 3.36. The minimum atomic E-state index is -4.17. The first-order chi connectivity index (χ1) is 8.81. The normalized spacial score (nSPS) is 20.1. The number of nitrogens with zero attached hydrogens (tertiary/aromatic N) is 1. The predicted octanol–water partition coefficient (Wildman–Crippen LogP) is 1.01. The van der Waals surface area contributed by atoms with Crippen LogP contribution in [0.2, 0.25) is 0 Å². The van der Waals surface area contributed by atoms with Gasteiger partial charge in [-0.25, -0.2) is 0 Å². The van der Waals surface area contributed by atoms with Crippen molar-refractivity contribution in [2.45, 2.75) is 25.2 Å². The van der Waals surface area contributed by atoms with Crippen LogP contribution < -0.4 is 0 Å². The molecule has 2 amide bonds. The fraction of sp³-hybridized carbons (Fsp3) is 0.333. The van der Waals surface area contributed by atoms with E-state index in [1.165, 1.54) is 12.1 Å². The molecule has 1 heterocycles. The van der Waals surface area contributed by atoms with Crippen LogP contribution in [0.3, 0.4) is 0 Å². The molecule has 0 aliphatic carbocycles. The Kier molecular flexibility index (Phi) is 3.42. The second-order valence-corrected chi connectivity index (χ2v) is 6.00. The quantitative estimate of drug-likeness (QED) is 0.773. The van der Waals surface area contributed by atoms with E-state index in [9.17, 15) is 18.0 Å². The zero-order valence-electron chi connectivity index (χ0n) is 10.5. The SMILES string of the molecule is Cc1ccc(S(=O)(=O)ON2C(=O)CC(C)C2=O)cc1. The number of amides is 2. The summed E-state index contributed by atoms with van der Waals surface area (Å²) < 4.78 is 28.5. The molecule has 102 valence electrons. The van der Waals surface area contributed by atoms with Gasteiger partial charge in [-0.3, -0.25) is 9.59 Å². The van der Waals surface area contributed by atoms with Crippen molar-refractivity contribution in [3.63, 3.8) is 0 Å². The number of rotatable bonds is 3. The first-order valence-corrected chi connectivity index (χ1v) is 7.10. The highest BCUT2D eigenvalue weighted by molar-refractivity contribution is 7.86. The molecule has 1 aliphatic rings. The number of carbonyl (C=O) groups is 2. The lowest BCUT2D eigenvalue weighted by molar-refractivity contribution is -0.164. The van der Waals surface area contributed by atoms with Crippen molar-refractivity contribution < 1.29 is 22.3 Å². The van der Waals surface area contributed by atoms with Gasteiger partial charge in [-0.15, -0.1) is 9.35 Å². The van der Waals surface area contributed by atoms with Gasteiger partial charge < -0.3 is 0 Å². The summed E-state index contributed by atoms with van der Waals surface area (Å²) in [4.78, 5) is 23.0. The second kappa shape index (κ2) is 4.75. The summed E-state index contributed by atoms with van der Waals surface area (Å²) >= 11 is 0. The largest absolute Gasteiger partial charge is 0.318 e. The molecule has 1 saturated heterocycles. The average molecular weight is 283 g/mol. The molecule has 1 aliphatic heterocycles. The van der Waals surface area contributed by atoms with Crippen LogP contribution in [-0.4, -0.2) is 25.3 Å². The van der Waals surface area contributed by atoms with E-state index in [-0.39, 0.29) is 11.3 Å². The van der Waals surface area contributed by atoms with Crippen LogP contribution in [0.1, 0.15) is 18.9 Å². The van der Waals surface area contributed by atoms with E-state index in [1.807, 2.05) is 6.92 Å². The molecule has 0 spiro atoms. The van der Waals surface area contributed by atoms with Gasteiger partial charge in [0.25, 0.3) is 11.8 Å². The van der Waals surface area contributed by atoms with Crippen molar-refractivity contribution >= 4 is 21.9 Å². The highest BCUT2D eigenvalue weighted by atomic mass is 32.2. The van der Waals surface area contributed by atoms with E-state index in [0.717, 1.165) is 5.56 Å². The maximum Gasteiger partial charge on any atom is 0.318 e. The molecule has 1 fully saturated rings. The molecule has 19 heavy (non-hydrogen) atoms. The van der Waals surface area contributed by atoms with E-state index < -0.39 is 27.9 Å². The van der Waals surface area contributed by atoms with E-state index >= 15 is 0 Å². The Hall–Kier alpha value is -1.73. The van der Waals surface area contributed by atoms with Gasteiger partial charge in [0, 0.05) is 12.3 Å². The molecule has 0 aromatic heterocycles. The Balaban J connectivity index is 2.25. The van der Waals surface area contributed by atoms with Gasteiger partial charge in [0.2, 0.25) is 0 Å². The zero-order chi connectivity index (χ0) is 14.2. The van der Waals surface area contributed by atoms with Crippen LogP contribution in [0.5, 0.6) is 0 Å². The van der Waals surface area contributed by atoms with Gasteiger partial charge in [-0.2, -0.15) is 8.42 Å². The fourth-order valence-electron chi connectivity index (χ4n) is 1.68. The molecule has 2 rings (SSSR count). The number of hydrogen-bond acceptors (Lipinski definition) is 5. The number of benzene rings is 1. The average Bonchev–Trinajstić information content (AvgIpc) is 2.56. The van der Waals surface area contributed by atoms with Crippen molar-refractivity contribution in [3.05, 3.63) is 29.8 Å². The summed E-state index contributed by atoms with van der Waals surface area (Å²) in [5.41, 5.74) is 0.890. The van der Waals surface area contributed by atoms with Gasteiger partial charge >= 0.3 is 10.1 Å². The summed E-state index contributed by atoms with van der Waals surface area (Å²) in [5.74, 6) is -1.84. The van der Waals surface area contributed by atoms with Crippen LogP contribution in [0.4, 0.5) is 0 Å². The number of imide groups is 1. The topological polar surface area (TPSA) is 80.8 Å². The third-order valence-corrected chi connectivity index (χ3v) is 4.01. The van der Waals surface area contributed by atoms with Crippen LogP contribution in [0.15, 0.2) is 29.2 Å². The van der Waals surface area contributed by atoms with Crippen molar-refractivity contribution in [2.75, 3.05) is 0 Å². The number of carbonyl (C=O) groups excluding carboxylic acids is 2. The zero-order valence-corrected chi connectivity index (χ0v) is 11.3. The fourth-order valence-corrected chi connectivity index (χ4v) is 2.59. The van der Waals surface area contributed by atoms with Crippen LogP contribution in [-0.2, 0) is 24.0 Å². The molecular formula is C12H13NO5S. The van der Waals surface area contributed by atoms with Crippen LogP contribution >= 0.6 is 0 Å². The molecule has 1 aromatic carbocycles. The summed E-state index contributed by atoms with van der Waals surface area (Å²) in [7, 11) is -4.17. The number of hydroxylamine groups is 2. The first kappa shape index (κ1) is 13.7. The Morgan fingerprint density at radius 3 is 2.26 bits per heavy atom. The lowest BCUT2D eigenvalue weighted by Gasteiger charge is -2.13. The minimum Gasteiger partial charge on any atom is -0.272 e. The van der Waals surface area contributed by atoms with Crippen molar-refractivity contribution in [1.82, 2.24) is 5.06 Å². The van der Waals surface area contributed by atoms with Gasteiger partial charge in [0.05, 0.1) is 4.90 Å². The lowest BCUT2D eigenvalue weighted by Crippen LogP contribution is -2.33. The van der Waals surface area contributed by atoms with Crippen molar-refractivity contribution in [2.24, 2.45) is 5.92 Å². The predicted molar refractivity (Wildman–Crippen MR) is 65.1 cm³/mol. The third-order valence-electron chi connectivity index (χ3n) is 2.81. The minimum absolute atomic E-state index is 0.0394. The standard InChI is InChI=1S/C12H13NO5S/c1-8-3-5-10(6-4-8)19(16,17)18-13-11(14)7-9(2)12(13)15/h3-6,9H,7H2,1-2H3. The molecule has 0 radical (unpaired) electrons. The maximum atomic E-state index is 11.9. The lowest BCUT2D eigenvalue weighted by atomic mass is 10.1. The van der Waals surface area contributed by atoms with E-state index in [0.29, 0.717) is 5.06 Å². The Morgan fingerprint density at radius 2 is 1.79 bits per heavy atom. The number of hydrogen-bond donors (Lipinski definition) is 0. The van der Waals surface area contributed by atoms with Gasteiger partial charge in [0.1, 0.15) is 0 Å². The second-order valence-electron chi connectivity index (χ2n) is 4.47.